The number of aldehydes is 1. The molecule has 0 aliphatic heterocycles. The molecule has 0 aliphatic rings. The van der Waals surface area contributed by atoms with Crippen molar-refractivity contribution in [2.24, 2.45) is 0 Å². The highest BCUT2D eigenvalue weighted by molar-refractivity contribution is 5.97. The first-order chi connectivity index (χ1) is 9.92. The van der Waals surface area contributed by atoms with Crippen LogP contribution in [0.25, 0.3) is 0 Å². The number of hydrogen-bond acceptors (Lipinski definition) is 4. The maximum atomic E-state index is 12.8. The zero-order valence-electron chi connectivity index (χ0n) is 12.2. The number of allylic oxidation sites excluding steroid dienone is 1. The van der Waals surface area contributed by atoms with E-state index in [-0.39, 0.29) is 5.82 Å². The molecule has 2 N–H and O–H groups in total. The molecule has 6 heteroatoms. The predicted molar refractivity (Wildman–Crippen MR) is 79.8 cm³/mol. The molecule has 0 heterocycles. The molecule has 1 aromatic carbocycles. The molecule has 0 bridgehead atoms. The lowest BCUT2D eigenvalue weighted by molar-refractivity contribution is -0.116. The van der Waals surface area contributed by atoms with Crippen LogP contribution in [0.15, 0.2) is 47.7 Å². The highest BCUT2D eigenvalue weighted by Gasteiger charge is 2.07. The zero-order chi connectivity index (χ0) is 15.8. The van der Waals surface area contributed by atoms with Crippen molar-refractivity contribution in [2.75, 3.05) is 19.5 Å². The Morgan fingerprint density at radius 1 is 1.24 bits per heavy atom. The molecule has 0 spiro atoms. The SMILES string of the molecule is C/C(C=O)=C/C(=C\N(C)C)C(=O)NNc1ccc(F)cc1. The monoisotopic (exact) mass is 291 g/mol. The first-order valence-corrected chi connectivity index (χ1v) is 6.26. The average Bonchev–Trinajstić information content (AvgIpc) is 2.45. The number of halogens is 1. The van der Waals surface area contributed by atoms with Gasteiger partial charge in [-0.3, -0.25) is 20.4 Å². The number of hydrogen-bond donors (Lipinski definition) is 2. The Morgan fingerprint density at radius 2 is 1.86 bits per heavy atom. The van der Waals surface area contributed by atoms with Crippen LogP contribution >= 0.6 is 0 Å². The van der Waals surface area contributed by atoms with Crippen LogP contribution in [-0.4, -0.2) is 31.2 Å². The summed E-state index contributed by atoms with van der Waals surface area (Å²) in [6, 6.07) is 5.55. The molecular weight excluding hydrogens is 273 g/mol. The van der Waals surface area contributed by atoms with E-state index in [1.165, 1.54) is 30.3 Å². The molecule has 0 atom stereocenters. The number of nitrogens with one attached hydrogen (secondary N) is 2. The van der Waals surface area contributed by atoms with Gasteiger partial charge in [-0.2, -0.15) is 0 Å². The number of nitrogens with zero attached hydrogens (tertiary/aromatic N) is 1. The van der Waals surface area contributed by atoms with E-state index in [2.05, 4.69) is 10.9 Å². The van der Waals surface area contributed by atoms with Gasteiger partial charge in [0, 0.05) is 20.3 Å². The van der Waals surface area contributed by atoms with Gasteiger partial charge in [0.2, 0.25) is 0 Å². The van der Waals surface area contributed by atoms with Crippen LogP contribution in [0, 0.1) is 5.82 Å². The Bertz CT molecular complexity index is 563. The molecule has 5 nitrogen and oxygen atoms in total. The molecule has 0 aliphatic carbocycles. The summed E-state index contributed by atoms with van der Waals surface area (Å²) in [5.74, 6) is -0.765. The maximum absolute atomic E-state index is 12.8. The van der Waals surface area contributed by atoms with Crippen LogP contribution in [0.4, 0.5) is 10.1 Å². The third-order valence-electron chi connectivity index (χ3n) is 2.39. The van der Waals surface area contributed by atoms with Crippen molar-refractivity contribution in [3.8, 4) is 0 Å². The summed E-state index contributed by atoms with van der Waals surface area (Å²) >= 11 is 0. The van der Waals surface area contributed by atoms with E-state index in [0.717, 1.165) is 0 Å². The number of rotatable bonds is 6. The first-order valence-electron chi connectivity index (χ1n) is 6.26. The van der Waals surface area contributed by atoms with Gasteiger partial charge in [0.25, 0.3) is 5.91 Å². The molecular formula is C15H18FN3O2. The summed E-state index contributed by atoms with van der Waals surface area (Å²) in [4.78, 5) is 24.4. The highest BCUT2D eigenvalue weighted by atomic mass is 19.1. The summed E-state index contributed by atoms with van der Waals surface area (Å²) in [6.07, 6.45) is 3.74. The molecule has 0 aromatic heterocycles. The Balaban J connectivity index is 2.77. The van der Waals surface area contributed by atoms with Crippen molar-refractivity contribution < 1.29 is 14.0 Å². The van der Waals surface area contributed by atoms with Crippen molar-refractivity contribution in [3.05, 3.63) is 53.5 Å². The quantitative estimate of drug-likeness (QED) is 0.363. The Labute approximate surface area is 123 Å². The van der Waals surface area contributed by atoms with Gasteiger partial charge in [0.05, 0.1) is 11.3 Å². The van der Waals surface area contributed by atoms with Crippen molar-refractivity contribution in [3.63, 3.8) is 0 Å². The van der Waals surface area contributed by atoms with Crippen LogP contribution in [0.3, 0.4) is 0 Å². The first kappa shape index (κ1) is 16.4. The summed E-state index contributed by atoms with van der Waals surface area (Å²) in [6.45, 7) is 1.61. The van der Waals surface area contributed by atoms with Gasteiger partial charge in [0.1, 0.15) is 12.1 Å². The fourth-order valence-corrected chi connectivity index (χ4v) is 1.45. The lowest BCUT2D eigenvalue weighted by atomic mass is 10.2. The van der Waals surface area contributed by atoms with Crippen molar-refractivity contribution in [1.82, 2.24) is 10.3 Å². The summed E-state index contributed by atoms with van der Waals surface area (Å²) in [5, 5.41) is 0. The molecule has 0 saturated heterocycles. The Kier molecular flexibility index (Phi) is 6.13. The van der Waals surface area contributed by atoms with E-state index in [4.69, 9.17) is 0 Å². The third kappa shape index (κ3) is 5.90. The highest BCUT2D eigenvalue weighted by Crippen LogP contribution is 2.08. The smallest absolute Gasteiger partial charge is 0.271 e. The van der Waals surface area contributed by atoms with Crippen molar-refractivity contribution >= 4 is 17.9 Å². The second-order valence-corrected chi connectivity index (χ2v) is 4.64. The van der Waals surface area contributed by atoms with Gasteiger partial charge in [0.15, 0.2) is 0 Å². The van der Waals surface area contributed by atoms with E-state index in [9.17, 15) is 14.0 Å². The van der Waals surface area contributed by atoms with Gasteiger partial charge in [-0.05, 0) is 42.8 Å². The molecule has 0 unspecified atom stereocenters. The molecule has 0 fully saturated rings. The lowest BCUT2D eigenvalue weighted by Crippen LogP contribution is -2.31. The number of anilines is 1. The molecule has 21 heavy (non-hydrogen) atoms. The molecule has 112 valence electrons. The minimum Gasteiger partial charge on any atom is -0.383 e. The Morgan fingerprint density at radius 3 is 2.38 bits per heavy atom. The van der Waals surface area contributed by atoms with E-state index in [1.807, 2.05) is 0 Å². The summed E-state index contributed by atoms with van der Waals surface area (Å²) in [7, 11) is 3.54. The summed E-state index contributed by atoms with van der Waals surface area (Å²) < 4.78 is 12.8. The third-order valence-corrected chi connectivity index (χ3v) is 2.39. The minimum absolute atomic E-state index is 0.319. The molecule has 1 rings (SSSR count). The molecule has 0 radical (unpaired) electrons. The maximum Gasteiger partial charge on any atom is 0.271 e. The van der Waals surface area contributed by atoms with Crippen LogP contribution < -0.4 is 10.9 Å². The topological polar surface area (TPSA) is 61.4 Å². The van der Waals surface area contributed by atoms with Crippen LogP contribution in [-0.2, 0) is 9.59 Å². The van der Waals surface area contributed by atoms with Crippen LogP contribution in [0.1, 0.15) is 6.92 Å². The van der Waals surface area contributed by atoms with E-state index >= 15 is 0 Å². The van der Waals surface area contributed by atoms with Crippen LogP contribution in [0.5, 0.6) is 0 Å². The number of hydrazine groups is 1. The largest absolute Gasteiger partial charge is 0.383 e. The zero-order valence-corrected chi connectivity index (χ0v) is 12.2. The minimum atomic E-state index is -0.408. The normalized spacial score (nSPS) is 11.8. The number of carbonyl (C=O) groups excluding carboxylic acids is 2. The van der Waals surface area contributed by atoms with Crippen LogP contribution in [0.2, 0.25) is 0 Å². The number of carbonyl (C=O) groups is 2. The molecule has 1 aromatic rings. The van der Waals surface area contributed by atoms with E-state index in [0.29, 0.717) is 23.1 Å². The number of amides is 1. The van der Waals surface area contributed by atoms with Gasteiger partial charge >= 0.3 is 0 Å². The fourth-order valence-electron chi connectivity index (χ4n) is 1.45. The van der Waals surface area contributed by atoms with E-state index < -0.39 is 5.91 Å². The number of benzene rings is 1. The Hall–Kier alpha value is -2.63. The molecule has 1 amide bonds. The van der Waals surface area contributed by atoms with Gasteiger partial charge < -0.3 is 4.90 Å². The lowest BCUT2D eigenvalue weighted by Gasteiger charge is -2.12. The van der Waals surface area contributed by atoms with Gasteiger partial charge in [-0.1, -0.05) is 0 Å². The van der Waals surface area contributed by atoms with Gasteiger partial charge in [-0.25, -0.2) is 4.39 Å². The fraction of sp³-hybridized carbons (Fsp3) is 0.200. The predicted octanol–water partition coefficient (Wildman–Crippen LogP) is 1.86. The standard InChI is InChI=1S/C15H18FN3O2/c1-11(10-20)8-12(9-19(2)3)15(21)18-17-14-6-4-13(16)5-7-14/h4-10,17H,1-3H3,(H,18,21)/b11-8-,12-9+. The summed E-state index contributed by atoms with van der Waals surface area (Å²) in [5.41, 5.74) is 6.46. The van der Waals surface area contributed by atoms with Gasteiger partial charge in [-0.15, -0.1) is 0 Å². The average molecular weight is 291 g/mol. The second kappa shape index (κ2) is 7.84. The van der Waals surface area contributed by atoms with Crippen molar-refractivity contribution in [2.45, 2.75) is 6.92 Å². The molecule has 0 saturated carbocycles. The van der Waals surface area contributed by atoms with E-state index in [1.54, 1.807) is 32.1 Å². The second-order valence-electron chi connectivity index (χ2n) is 4.64. The van der Waals surface area contributed by atoms with Crippen molar-refractivity contribution in [1.29, 1.82) is 0 Å².